The quantitative estimate of drug-likeness (QED) is 0.686. The molecule has 1 aliphatic carbocycles. The first kappa shape index (κ1) is 9.16. The van der Waals surface area contributed by atoms with Crippen molar-refractivity contribution in [3.8, 4) is 0 Å². The van der Waals surface area contributed by atoms with E-state index in [1.807, 2.05) is 0 Å². The van der Waals surface area contributed by atoms with Gasteiger partial charge < -0.3 is 10.5 Å². The van der Waals surface area contributed by atoms with E-state index in [4.69, 9.17) is 10.5 Å². The standard InChI is InChI=1S/C10H17NO2/c11-7-10(5-9(12)6-10)8-1-3-13-4-2-8/h8H,1-7,11H2. The van der Waals surface area contributed by atoms with E-state index < -0.39 is 0 Å². The largest absolute Gasteiger partial charge is 0.381 e. The minimum Gasteiger partial charge on any atom is -0.381 e. The number of carbonyl (C=O) groups is 1. The van der Waals surface area contributed by atoms with Gasteiger partial charge in [-0.2, -0.15) is 0 Å². The minimum absolute atomic E-state index is 0.154. The summed E-state index contributed by atoms with van der Waals surface area (Å²) in [4.78, 5) is 11.0. The third kappa shape index (κ3) is 1.51. The molecule has 1 aliphatic heterocycles. The second-order valence-corrected chi connectivity index (χ2v) is 4.35. The van der Waals surface area contributed by atoms with E-state index in [1.165, 1.54) is 0 Å². The second kappa shape index (κ2) is 3.39. The van der Waals surface area contributed by atoms with Gasteiger partial charge in [0.2, 0.25) is 0 Å². The van der Waals surface area contributed by atoms with E-state index in [0.717, 1.165) is 26.1 Å². The Morgan fingerprint density at radius 3 is 2.46 bits per heavy atom. The fourth-order valence-electron chi connectivity index (χ4n) is 2.64. The van der Waals surface area contributed by atoms with Crippen molar-refractivity contribution in [2.24, 2.45) is 17.1 Å². The third-order valence-electron chi connectivity index (χ3n) is 3.59. The summed E-state index contributed by atoms with van der Waals surface area (Å²) in [6.07, 6.45) is 3.61. The van der Waals surface area contributed by atoms with Gasteiger partial charge in [-0.3, -0.25) is 4.79 Å². The molecule has 2 fully saturated rings. The van der Waals surface area contributed by atoms with E-state index in [1.54, 1.807) is 0 Å². The number of hydrogen-bond donors (Lipinski definition) is 1. The number of nitrogens with two attached hydrogens (primary N) is 1. The van der Waals surface area contributed by atoms with Crippen LogP contribution in [0.25, 0.3) is 0 Å². The summed E-state index contributed by atoms with van der Waals surface area (Å²) < 4.78 is 5.31. The van der Waals surface area contributed by atoms with Crippen LogP contribution in [0.1, 0.15) is 25.7 Å². The van der Waals surface area contributed by atoms with Crippen LogP contribution in [-0.2, 0) is 9.53 Å². The first-order chi connectivity index (χ1) is 6.27. The van der Waals surface area contributed by atoms with Gasteiger partial charge in [0.1, 0.15) is 5.78 Å². The Bertz CT molecular complexity index is 201. The van der Waals surface area contributed by atoms with Crippen LogP contribution in [0.4, 0.5) is 0 Å². The van der Waals surface area contributed by atoms with Crippen LogP contribution in [0.2, 0.25) is 0 Å². The predicted molar refractivity (Wildman–Crippen MR) is 49.3 cm³/mol. The summed E-state index contributed by atoms with van der Waals surface area (Å²) >= 11 is 0. The zero-order valence-corrected chi connectivity index (χ0v) is 7.92. The number of ketones is 1. The lowest BCUT2D eigenvalue weighted by molar-refractivity contribution is -0.138. The number of rotatable bonds is 2. The average molecular weight is 183 g/mol. The molecule has 1 heterocycles. The van der Waals surface area contributed by atoms with Gasteiger partial charge >= 0.3 is 0 Å². The Hall–Kier alpha value is -0.410. The van der Waals surface area contributed by atoms with Crippen LogP contribution in [0.3, 0.4) is 0 Å². The maximum Gasteiger partial charge on any atom is 0.134 e. The molecule has 3 heteroatoms. The summed E-state index contributed by atoms with van der Waals surface area (Å²) in [7, 11) is 0. The summed E-state index contributed by atoms with van der Waals surface area (Å²) in [5.74, 6) is 1.01. The van der Waals surface area contributed by atoms with Crippen molar-refractivity contribution < 1.29 is 9.53 Å². The Kier molecular flexibility index (Phi) is 2.39. The summed E-state index contributed by atoms with van der Waals surface area (Å²) in [6.45, 7) is 2.37. The van der Waals surface area contributed by atoms with Crippen LogP contribution in [-0.4, -0.2) is 25.5 Å². The van der Waals surface area contributed by atoms with Crippen molar-refractivity contribution in [3.63, 3.8) is 0 Å². The van der Waals surface area contributed by atoms with Gasteiger partial charge in [0, 0.05) is 26.1 Å². The maximum absolute atomic E-state index is 11.0. The number of carbonyl (C=O) groups excluding carboxylic acids is 1. The zero-order chi connectivity index (χ0) is 9.31. The van der Waals surface area contributed by atoms with E-state index in [0.29, 0.717) is 31.1 Å². The highest BCUT2D eigenvalue weighted by atomic mass is 16.5. The van der Waals surface area contributed by atoms with Gasteiger partial charge in [0.15, 0.2) is 0 Å². The minimum atomic E-state index is 0.154. The van der Waals surface area contributed by atoms with E-state index in [9.17, 15) is 4.79 Å². The second-order valence-electron chi connectivity index (χ2n) is 4.35. The van der Waals surface area contributed by atoms with Crippen molar-refractivity contribution in [1.82, 2.24) is 0 Å². The van der Waals surface area contributed by atoms with Crippen molar-refractivity contribution in [1.29, 1.82) is 0 Å². The molecule has 2 aliphatic rings. The number of Topliss-reactive ketones (excluding diaryl/α,β-unsaturated/α-hetero) is 1. The average Bonchev–Trinajstić information content (AvgIpc) is 2.14. The molecular formula is C10H17NO2. The molecule has 0 radical (unpaired) electrons. The lowest BCUT2D eigenvalue weighted by Crippen LogP contribution is -2.50. The molecule has 74 valence electrons. The van der Waals surface area contributed by atoms with Crippen molar-refractivity contribution in [2.45, 2.75) is 25.7 Å². The van der Waals surface area contributed by atoms with Gasteiger partial charge in [-0.1, -0.05) is 0 Å². The van der Waals surface area contributed by atoms with Crippen molar-refractivity contribution in [3.05, 3.63) is 0 Å². The molecule has 2 N–H and O–H groups in total. The highest BCUT2D eigenvalue weighted by Crippen LogP contribution is 2.47. The van der Waals surface area contributed by atoms with Crippen LogP contribution in [0.5, 0.6) is 0 Å². The molecule has 0 aromatic carbocycles. The molecule has 0 unspecified atom stereocenters. The van der Waals surface area contributed by atoms with E-state index in [2.05, 4.69) is 0 Å². The lowest BCUT2D eigenvalue weighted by atomic mass is 9.58. The van der Waals surface area contributed by atoms with Crippen molar-refractivity contribution >= 4 is 5.78 Å². The smallest absolute Gasteiger partial charge is 0.134 e. The first-order valence-corrected chi connectivity index (χ1v) is 5.06. The number of ether oxygens (including phenoxy) is 1. The first-order valence-electron chi connectivity index (χ1n) is 5.06. The third-order valence-corrected chi connectivity index (χ3v) is 3.59. The monoisotopic (exact) mass is 183 g/mol. The Morgan fingerprint density at radius 1 is 1.38 bits per heavy atom. The van der Waals surface area contributed by atoms with Crippen LogP contribution in [0, 0.1) is 11.3 Å². The highest BCUT2D eigenvalue weighted by Gasteiger charge is 2.48. The summed E-state index contributed by atoms with van der Waals surface area (Å²) in [5.41, 5.74) is 5.92. The molecule has 0 atom stereocenters. The Morgan fingerprint density at radius 2 is 2.00 bits per heavy atom. The molecule has 1 saturated carbocycles. The summed E-state index contributed by atoms with van der Waals surface area (Å²) in [6, 6.07) is 0. The predicted octanol–water partition coefficient (Wildman–Crippen LogP) is 0.721. The normalized spacial score (nSPS) is 28.5. The van der Waals surface area contributed by atoms with E-state index >= 15 is 0 Å². The molecule has 0 spiro atoms. The lowest BCUT2D eigenvalue weighted by Gasteiger charge is -2.47. The Balaban J connectivity index is 1.99. The van der Waals surface area contributed by atoms with Gasteiger partial charge in [-0.15, -0.1) is 0 Å². The van der Waals surface area contributed by atoms with Gasteiger partial charge in [0.25, 0.3) is 0 Å². The fraction of sp³-hybridized carbons (Fsp3) is 0.900. The fourth-order valence-corrected chi connectivity index (χ4v) is 2.64. The van der Waals surface area contributed by atoms with Crippen molar-refractivity contribution in [2.75, 3.05) is 19.8 Å². The molecule has 3 nitrogen and oxygen atoms in total. The number of hydrogen-bond acceptors (Lipinski definition) is 3. The van der Waals surface area contributed by atoms with Crippen LogP contribution >= 0.6 is 0 Å². The molecule has 0 aromatic heterocycles. The molecule has 1 saturated heterocycles. The molecule has 0 amide bonds. The summed E-state index contributed by atoms with van der Waals surface area (Å²) in [5, 5.41) is 0. The van der Waals surface area contributed by atoms with Crippen LogP contribution < -0.4 is 5.73 Å². The zero-order valence-electron chi connectivity index (χ0n) is 7.92. The van der Waals surface area contributed by atoms with Gasteiger partial charge in [-0.05, 0) is 30.7 Å². The molecule has 13 heavy (non-hydrogen) atoms. The topological polar surface area (TPSA) is 52.3 Å². The molecule has 0 bridgehead atoms. The molecule has 2 rings (SSSR count). The van der Waals surface area contributed by atoms with E-state index in [-0.39, 0.29) is 5.41 Å². The maximum atomic E-state index is 11.0. The molecule has 0 aromatic rings. The van der Waals surface area contributed by atoms with Gasteiger partial charge in [-0.25, -0.2) is 0 Å². The molecular weight excluding hydrogens is 166 g/mol. The Labute approximate surface area is 78.6 Å². The SMILES string of the molecule is NCC1(C2CCOCC2)CC(=O)C1. The van der Waals surface area contributed by atoms with Crippen LogP contribution in [0.15, 0.2) is 0 Å². The van der Waals surface area contributed by atoms with Gasteiger partial charge in [0.05, 0.1) is 0 Å². The highest BCUT2D eigenvalue weighted by molar-refractivity contribution is 5.86.